The molecule has 0 atom stereocenters. The Morgan fingerprint density at radius 3 is 2.67 bits per heavy atom. The number of fused-ring (bicyclic) bond motifs is 1. The van der Waals surface area contributed by atoms with E-state index in [1.165, 1.54) is 24.4 Å². The molecule has 1 heterocycles. The fourth-order valence-corrected chi connectivity index (χ4v) is 1.92. The largest absolute Gasteiger partial charge is 0.277 e. The number of aromatic nitrogens is 1. The van der Waals surface area contributed by atoms with Gasteiger partial charge < -0.3 is 0 Å². The normalized spacial score (nSPS) is 10.5. The lowest BCUT2D eigenvalue weighted by Gasteiger charge is -2.02. The molecule has 1 aromatic carbocycles. The van der Waals surface area contributed by atoms with Gasteiger partial charge in [-0.2, -0.15) is 0 Å². The molecule has 1 aromatic heterocycles. The maximum atomic E-state index is 10.7. The minimum Gasteiger partial charge on any atom is -0.258 e. The van der Waals surface area contributed by atoms with E-state index in [-0.39, 0.29) is 10.8 Å². The number of hydrogen-bond donors (Lipinski definition) is 0. The molecule has 0 N–H and O–H groups in total. The van der Waals surface area contributed by atoms with Crippen LogP contribution in [-0.4, -0.2) is 9.91 Å². The first-order valence-electron chi connectivity index (χ1n) is 3.98. The van der Waals surface area contributed by atoms with E-state index in [1.807, 2.05) is 0 Å². The van der Waals surface area contributed by atoms with Crippen molar-refractivity contribution in [3.63, 3.8) is 0 Å². The third-order valence-corrected chi connectivity index (χ3v) is 2.61. The molecule has 0 bridgehead atoms. The van der Waals surface area contributed by atoms with Crippen LogP contribution in [0.3, 0.4) is 0 Å². The molecule has 0 fully saturated rings. The smallest absolute Gasteiger partial charge is 0.258 e. The molecule has 2 rings (SSSR count). The summed E-state index contributed by atoms with van der Waals surface area (Å²) >= 11 is 11.7. The molecule has 0 amide bonds. The summed E-state index contributed by atoms with van der Waals surface area (Å²) in [6, 6.07) is 4.31. The third-order valence-electron chi connectivity index (χ3n) is 2.00. The van der Waals surface area contributed by atoms with E-state index in [9.17, 15) is 10.1 Å². The van der Waals surface area contributed by atoms with Gasteiger partial charge in [-0.3, -0.25) is 10.1 Å². The van der Waals surface area contributed by atoms with Gasteiger partial charge in [-0.05, 0) is 12.1 Å². The monoisotopic (exact) mass is 242 g/mol. The molecule has 0 radical (unpaired) electrons. The number of hydrogen-bond acceptors (Lipinski definition) is 3. The number of halogens is 2. The van der Waals surface area contributed by atoms with Gasteiger partial charge in [0.05, 0.1) is 15.3 Å². The first kappa shape index (κ1) is 10.1. The van der Waals surface area contributed by atoms with Gasteiger partial charge in [-0.15, -0.1) is 0 Å². The molecular formula is C9H4Cl2N2O2. The predicted molar refractivity (Wildman–Crippen MR) is 58.4 cm³/mol. The number of nitro groups is 1. The molecule has 6 heteroatoms. The van der Waals surface area contributed by atoms with Crippen molar-refractivity contribution in [2.24, 2.45) is 0 Å². The minimum absolute atomic E-state index is 0.0290. The van der Waals surface area contributed by atoms with Crippen LogP contribution in [0.2, 0.25) is 10.2 Å². The number of pyridine rings is 1. The molecule has 15 heavy (non-hydrogen) atoms. The summed E-state index contributed by atoms with van der Waals surface area (Å²) in [6.07, 6.45) is 1.41. The van der Waals surface area contributed by atoms with Crippen molar-refractivity contribution in [1.82, 2.24) is 4.98 Å². The van der Waals surface area contributed by atoms with Crippen LogP contribution < -0.4 is 0 Å². The van der Waals surface area contributed by atoms with Crippen molar-refractivity contribution in [2.75, 3.05) is 0 Å². The summed E-state index contributed by atoms with van der Waals surface area (Å²) in [6.45, 7) is 0. The zero-order valence-corrected chi connectivity index (χ0v) is 8.79. The van der Waals surface area contributed by atoms with Crippen LogP contribution in [0.5, 0.6) is 0 Å². The van der Waals surface area contributed by atoms with Crippen LogP contribution in [0.1, 0.15) is 0 Å². The molecule has 2 aromatic rings. The van der Waals surface area contributed by atoms with Crippen LogP contribution in [-0.2, 0) is 0 Å². The molecule has 76 valence electrons. The van der Waals surface area contributed by atoms with Gasteiger partial charge in [-0.1, -0.05) is 23.2 Å². The number of benzene rings is 1. The van der Waals surface area contributed by atoms with Gasteiger partial charge in [0.1, 0.15) is 5.15 Å². The Bertz CT molecular complexity index is 549. The molecule has 0 saturated heterocycles. The second-order valence-electron chi connectivity index (χ2n) is 2.85. The standard InChI is InChI=1S/C9H4Cl2N2O2/c10-6-1-2-7(13(14)15)5-3-4-12-9(11)8(5)6/h1-4H. The fraction of sp³-hybridized carbons (Fsp3) is 0. The zero-order chi connectivity index (χ0) is 11.0. The number of rotatable bonds is 1. The van der Waals surface area contributed by atoms with Crippen molar-refractivity contribution in [2.45, 2.75) is 0 Å². The molecule has 0 aliphatic heterocycles. The molecule has 0 aliphatic carbocycles. The fourth-order valence-electron chi connectivity index (χ4n) is 1.36. The van der Waals surface area contributed by atoms with Crippen LogP contribution in [0, 0.1) is 10.1 Å². The van der Waals surface area contributed by atoms with Gasteiger partial charge >= 0.3 is 0 Å². The van der Waals surface area contributed by atoms with Gasteiger partial charge in [-0.25, -0.2) is 4.98 Å². The van der Waals surface area contributed by atoms with E-state index in [2.05, 4.69) is 4.98 Å². The van der Waals surface area contributed by atoms with E-state index in [0.717, 1.165) is 0 Å². The van der Waals surface area contributed by atoms with E-state index >= 15 is 0 Å². The molecule has 0 aliphatic rings. The number of non-ortho nitro benzene ring substituents is 1. The molecule has 4 nitrogen and oxygen atoms in total. The highest BCUT2D eigenvalue weighted by Crippen LogP contribution is 2.34. The van der Waals surface area contributed by atoms with Gasteiger partial charge in [0.2, 0.25) is 0 Å². The van der Waals surface area contributed by atoms with E-state index in [1.54, 1.807) is 0 Å². The number of nitro benzene ring substituents is 1. The highest BCUT2D eigenvalue weighted by Gasteiger charge is 2.15. The van der Waals surface area contributed by atoms with E-state index in [0.29, 0.717) is 15.8 Å². The van der Waals surface area contributed by atoms with Crippen LogP contribution in [0.25, 0.3) is 10.8 Å². The molecule has 0 unspecified atom stereocenters. The maximum absolute atomic E-state index is 10.7. The first-order chi connectivity index (χ1) is 7.11. The summed E-state index contributed by atoms with van der Waals surface area (Å²) < 4.78 is 0. The lowest BCUT2D eigenvalue weighted by Crippen LogP contribution is -1.90. The molecule has 0 saturated carbocycles. The second-order valence-corrected chi connectivity index (χ2v) is 3.61. The summed E-state index contributed by atoms with van der Waals surface area (Å²) in [7, 11) is 0. The predicted octanol–water partition coefficient (Wildman–Crippen LogP) is 3.45. The van der Waals surface area contributed by atoms with E-state index in [4.69, 9.17) is 23.2 Å². The van der Waals surface area contributed by atoms with Crippen LogP contribution >= 0.6 is 23.2 Å². The second kappa shape index (κ2) is 3.64. The topological polar surface area (TPSA) is 56.0 Å². The average Bonchev–Trinajstić information content (AvgIpc) is 2.17. The van der Waals surface area contributed by atoms with Crippen molar-refractivity contribution < 1.29 is 4.92 Å². The van der Waals surface area contributed by atoms with Gasteiger partial charge in [0.15, 0.2) is 0 Å². The Labute approximate surface area is 94.6 Å². The first-order valence-corrected chi connectivity index (χ1v) is 4.74. The van der Waals surface area contributed by atoms with Crippen LogP contribution in [0.15, 0.2) is 24.4 Å². The number of nitrogens with zero attached hydrogens (tertiary/aromatic N) is 2. The highest BCUT2D eigenvalue weighted by atomic mass is 35.5. The maximum Gasteiger partial charge on any atom is 0.277 e. The summed E-state index contributed by atoms with van der Waals surface area (Å²) in [5.74, 6) is 0. The van der Waals surface area contributed by atoms with E-state index < -0.39 is 4.92 Å². The Hall–Kier alpha value is -1.39. The Kier molecular flexibility index (Phi) is 2.46. The van der Waals surface area contributed by atoms with Crippen molar-refractivity contribution in [1.29, 1.82) is 0 Å². The highest BCUT2D eigenvalue weighted by molar-refractivity contribution is 6.42. The van der Waals surface area contributed by atoms with Crippen molar-refractivity contribution >= 4 is 39.7 Å². The average molecular weight is 243 g/mol. The molecular weight excluding hydrogens is 239 g/mol. The van der Waals surface area contributed by atoms with Gasteiger partial charge in [0.25, 0.3) is 5.69 Å². The summed E-state index contributed by atoms with van der Waals surface area (Å²) in [4.78, 5) is 14.1. The van der Waals surface area contributed by atoms with Crippen molar-refractivity contribution in [3.8, 4) is 0 Å². The van der Waals surface area contributed by atoms with Crippen molar-refractivity contribution in [3.05, 3.63) is 44.7 Å². The van der Waals surface area contributed by atoms with Gasteiger partial charge in [0, 0.05) is 17.6 Å². The molecule has 0 spiro atoms. The summed E-state index contributed by atoms with van der Waals surface area (Å²) in [5, 5.41) is 12.1. The zero-order valence-electron chi connectivity index (χ0n) is 7.28. The minimum atomic E-state index is -0.477. The Morgan fingerprint density at radius 1 is 1.27 bits per heavy atom. The lowest BCUT2D eigenvalue weighted by molar-refractivity contribution is -0.383. The quantitative estimate of drug-likeness (QED) is 0.437. The lowest BCUT2D eigenvalue weighted by atomic mass is 10.1. The SMILES string of the molecule is O=[N+]([O-])c1ccc(Cl)c2c(Cl)nccc12. The Morgan fingerprint density at radius 2 is 2.00 bits per heavy atom. The third kappa shape index (κ3) is 1.62. The van der Waals surface area contributed by atoms with Crippen LogP contribution in [0.4, 0.5) is 5.69 Å². The Balaban J connectivity index is 2.95. The summed E-state index contributed by atoms with van der Waals surface area (Å²) in [5.41, 5.74) is -0.0290.